The average molecular weight is 298 g/mol. The van der Waals surface area contributed by atoms with Gasteiger partial charge in [-0.3, -0.25) is 0 Å². The first-order valence-corrected chi connectivity index (χ1v) is 6.88. The lowest BCUT2D eigenvalue weighted by atomic mass is 10.0. The third kappa shape index (κ3) is 3.13. The van der Waals surface area contributed by atoms with Crippen LogP contribution in [-0.4, -0.2) is 19.4 Å². The molecule has 0 N–H and O–H groups in total. The molecular weight excluding hydrogens is 281 g/mol. The fraction of sp³-hybridized carbons (Fsp3) is 0.533. The molecule has 0 spiro atoms. The molecular formula is C15H17F3N2O. The van der Waals surface area contributed by atoms with Crippen molar-refractivity contribution in [2.75, 3.05) is 18.1 Å². The second-order valence-electron chi connectivity index (χ2n) is 5.18. The van der Waals surface area contributed by atoms with E-state index in [0.29, 0.717) is 18.8 Å². The van der Waals surface area contributed by atoms with E-state index in [0.717, 1.165) is 12.5 Å². The molecule has 0 bridgehead atoms. The number of benzene rings is 1. The predicted octanol–water partition coefficient (Wildman–Crippen LogP) is 3.79. The minimum absolute atomic E-state index is 0.219. The van der Waals surface area contributed by atoms with Gasteiger partial charge in [-0.1, -0.05) is 13.8 Å². The van der Waals surface area contributed by atoms with Gasteiger partial charge >= 0.3 is 6.18 Å². The Morgan fingerprint density at radius 2 is 2.19 bits per heavy atom. The van der Waals surface area contributed by atoms with Crippen LogP contribution in [0.15, 0.2) is 18.2 Å². The first-order chi connectivity index (χ1) is 9.88. The summed E-state index contributed by atoms with van der Waals surface area (Å²) < 4.78 is 44.7. The molecule has 0 aliphatic carbocycles. The number of nitriles is 1. The van der Waals surface area contributed by atoms with Crippen molar-refractivity contribution in [1.82, 2.24) is 0 Å². The van der Waals surface area contributed by atoms with E-state index in [1.807, 2.05) is 18.7 Å². The van der Waals surface area contributed by atoms with Crippen LogP contribution in [0.4, 0.5) is 18.9 Å². The number of ether oxygens (including phenoxy) is 1. The largest absolute Gasteiger partial charge is 0.417 e. The second kappa shape index (κ2) is 5.94. The molecule has 114 valence electrons. The second-order valence-corrected chi connectivity index (χ2v) is 5.18. The molecule has 6 heteroatoms. The number of hydrogen-bond donors (Lipinski definition) is 0. The maximum Gasteiger partial charge on any atom is 0.417 e. The van der Waals surface area contributed by atoms with Gasteiger partial charge in [-0.05, 0) is 24.6 Å². The van der Waals surface area contributed by atoms with E-state index in [1.54, 1.807) is 12.1 Å². The molecule has 0 aromatic heterocycles. The van der Waals surface area contributed by atoms with Crippen LogP contribution in [0.5, 0.6) is 0 Å². The standard InChI is InChI=1S/C15H17F3N2O/c1-3-10(2)14-20(6-7-21-14)12-5-4-11(9-19)13(8-12)15(16,17)18/h4-5,8,10,14H,3,6-7H2,1-2H3/t10-,14+/m0/s1. The molecule has 1 fully saturated rings. The molecule has 1 saturated heterocycles. The van der Waals surface area contributed by atoms with Crippen molar-refractivity contribution in [2.45, 2.75) is 32.7 Å². The van der Waals surface area contributed by atoms with Crippen LogP contribution in [0.2, 0.25) is 0 Å². The summed E-state index contributed by atoms with van der Waals surface area (Å²) in [5.41, 5.74) is -0.798. The number of rotatable bonds is 3. The smallest absolute Gasteiger partial charge is 0.356 e. The molecule has 0 radical (unpaired) electrons. The highest BCUT2D eigenvalue weighted by atomic mass is 19.4. The van der Waals surface area contributed by atoms with Gasteiger partial charge in [0, 0.05) is 18.2 Å². The van der Waals surface area contributed by atoms with Gasteiger partial charge in [-0.2, -0.15) is 18.4 Å². The Hall–Kier alpha value is -1.74. The van der Waals surface area contributed by atoms with Gasteiger partial charge in [-0.25, -0.2) is 0 Å². The zero-order valence-electron chi connectivity index (χ0n) is 11.9. The third-order valence-electron chi connectivity index (χ3n) is 3.82. The lowest BCUT2D eigenvalue weighted by Crippen LogP contribution is -2.35. The van der Waals surface area contributed by atoms with Gasteiger partial charge in [0.1, 0.15) is 6.23 Å². The van der Waals surface area contributed by atoms with Crippen molar-refractivity contribution in [3.63, 3.8) is 0 Å². The molecule has 0 saturated carbocycles. The van der Waals surface area contributed by atoms with Crippen molar-refractivity contribution in [2.24, 2.45) is 5.92 Å². The van der Waals surface area contributed by atoms with Crippen LogP contribution < -0.4 is 4.90 Å². The summed E-state index contributed by atoms with van der Waals surface area (Å²) in [5.74, 6) is 0.220. The van der Waals surface area contributed by atoms with Crippen molar-refractivity contribution >= 4 is 5.69 Å². The van der Waals surface area contributed by atoms with Gasteiger partial charge in [0.05, 0.1) is 23.8 Å². The first kappa shape index (κ1) is 15.6. The summed E-state index contributed by atoms with van der Waals surface area (Å²) in [4.78, 5) is 1.84. The van der Waals surface area contributed by atoms with Gasteiger partial charge in [0.15, 0.2) is 0 Å². The molecule has 1 aliphatic rings. The molecule has 1 aromatic carbocycles. The summed E-state index contributed by atoms with van der Waals surface area (Å²) in [7, 11) is 0. The summed E-state index contributed by atoms with van der Waals surface area (Å²) >= 11 is 0. The van der Waals surface area contributed by atoms with E-state index in [-0.39, 0.29) is 17.7 Å². The van der Waals surface area contributed by atoms with Crippen LogP contribution >= 0.6 is 0 Å². The van der Waals surface area contributed by atoms with Crippen LogP contribution in [0.25, 0.3) is 0 Å². The normalized spacial score (nSPS) is 20.4. The molecule has 1 aromatic rings. The minimum atomic E-state index is -4.53. The molecule has 21 heavy (non-hydrogen) atoms. The van der Waals surface area contributed by atoms with E-state index in [2.05, 4.69) is 0 Å². The van der Waals surface area contributed by atoms with Crippen molar-refractivity contribution in [3.05, 3.63) is 29.3 Å². The zero-order valence-corrected chi connectivity index (χ0v) is 11.9. The monoisotopic (exact) mass is 298 g/mol. The highest BCUT2D eigenvalue weighted by molar-refractivity contribution is 5.55. The lowest BCUT2D eigenvalue weighted by Gasteiger charge is -2.29. The number of nitrogens with zero attached hydrogens (tertiary/aromatic N) is 2. The van der Waals surface area contributed by atoms with Crippen molar-refractivity contribution in [1.29, 1.82) is 5.26 Å². The Morgan fingerprint density at radius 3 is 2.76 bits per heavy atom. The van der Waals surface area contributed by atoms with E-state index in [9.17, 15) is 13.2 Å². The number of anilines is 1. The number of halogens is 3. The van der Waals surface area contributed by atoms with E-state index in [1.165, 1.54) is 6.07 Å². The fourth-order valence-electron chi connectivity index (χ4n) is 2.48. The highest BCUT2D eigenvalue weighted by Gasteiger charge is 2.36. The molecule has 1 aliphatic heterocycles. The summed E-state index contributed by atoms with van der Waals surface area (Å²) in [6.45, 7) is 5.08. The summed E-state index contributed by atoms with van der Waals surface area (Å²) in [5, 5.41) is 8.83. The van der Waals surface area contributed by atoms with Gasteiger partial charge < -0.3 is 9.64 Å². The molecule has 2 rings (SSSR count). The molecule has 1 heterocycles. The Labute approximate surface area is 121 Å². The van der Waals surface area contributed by atoms with Crippen molar-refractivity contribution < 1.29 is 17.9 Å². The molecule has 0 unspecified atom stereocenters. The Kier molecular flexibility index (Phi) is 4.43. The first-order valence-electron chi connectivity index (χ1n) is 6.88. The summed E-state index contributed by atoms with van der Waals surface area (Å²) in [6, 6.07) is 5.42. The van der Waals surface area contributed by atoms with E-state index >= 15 is 0 Å². The molecule has 2 atom stereocenters. The zero-order chi connectivity index (χ0) is 15.6. The maximum absolute atomic E-state index is 13.0. The Bertz CT molecular complexity index is 551. The van der Waals surface area contributed by atoms with Crippen LogP contribution in [0.1, 0.15) is 31.4 Å². The average Bonchev–Trinajstić information content (AvgIpc) is 2.94. The molecule has 0 amide bonds. The quantitative estimate of drug-likeness (QED) is 0.852. The maximum atomic E-state index is 13.0. The van der Waals surface area contributed by atoms with E-state index in [4.69, 9.17) is 10.00 Å². The Morgan fingerprint density at radius 1 is 1.48 bits per heavy atom. The predicted molar refractivity (Wildman–Crippen MR) is 72.7 cm³/mol. The SMILES string of the molecule is CC[C@H](C)[C@H]1OCCN1c1ccc(C#N)c(C(F)(F)F)c1. The summed E-state index contributed by atoms with van der Waals surface area (Å²) in [6.07, 6.45) is -3.87. The highest BCUT2D eigenvalue weighted by Crippen LogP contribution is 2.36. The Balaban J connectivity index is 2.39. The van der Waals surface area contributed by atoms with Gasteiger partial charge in [0.25, 0.3) is 0 Å². The number of hydrogen-bond acceptors (Lipinski definition) is 3. The lowest BCUT2D eigenvalue weighted by molar-refractivity contribution is -0.137. The fourth-order valence-corrected chi connectivity index (χ4v) is 2.48. The minimum Gasteiger partial charge on any atom is -0.356 e. The van der Waals surface area contributed by atoms with Crippen LogP contribution in [-0.2, 0) is 10.9 Å². The molecule has 3 nitrogen and oxygen atoms in total. The van der Waals surface area contributed by atoms with Crippen LogP contribution in [0.3, 0.4) is 0 Å². The van der Waals surface area contributed by atoms with Crippen LogP contribution in [0, 0.1) is 17.2 Å². The topological polar surface area (TPSA) is 36.3 Å². The number of alkyl halides is 3. The van der Waals surface area contributed by atoms with Gasteiger partial charge in [-0.15, -0.1) is 0 Å². The van der Waals surface area contributed by atoms with Gasteiger partial charge in [0.2, 0.25) is 0 Å². The van der Waals surface area contributed by atoms with Crippen molar-refractivity contribution in [3.8, 4) is 6.07 Å². The third-order valence-corrected chi connectivity index (χ3v) is 3.82. The van der Waals surface area contributed by atoms with E-state index < -0.39 is 11.7 Å².